The van der Waals surface area contributed by atoms with Crippen molar-refractivity contribution in [2.24, 2.45) is 0 Å². The van der Waals surface area contributed by atoms with E-state index < -0.39 is 11.9 Å². The maximum absolute atomic E-state index is 12.7. The predicted octanol–water partition coefficient (Wildman–Crippen LogP) is 2.41. The molecule has 2 aromatic carbocycles. The highest BCUT2D eigenvalue weighted by molar-refractivity contribution is 5.99. The fourth-order valence-electron chi connectivity index (χ4n) is 3.74. The minimum absolute atomic E-state index is 0.0848. The van der Waals surface area contributed by atoms with Gasteiger partial charge in [-0.3, -0.25) is 14.4 Å². The summed E-state index contributed by atoms with van der Waals surface area (Å²) in [5.41, 5.74) is 2.00. The fourth-order valence-corrected chi connectivity index (χ4v) is 3.74. The van der Waals surface area contributed by atoms with Crippen LogP contribution < -0.4 is 14.5 Å². The number of para-hydroxylation sites is 1. The summed E-state index contributed by atoms with van der Waals surface area (Å²) in [7, 11) is 0. The molecule has 0 bridgehead atoms. The third-order valence-electron chi connectivity index (χ3n) is 5.13. The van der Waals surface area contributed by atoms with Gasteiger partial charge in [0, 0.05) is 37.0 Å². The summed E-state index contributed by atoms with van der Waals surface area (Å²) in [4.78, 5) is 39.3. The van der Waals surface area contributed by atoms with E-state index in [1.54, 1.807) is 47.4 Å². The van der Waals surface area contributed by atoms with Gasteiger partial charge in [0.1, 0.15) is 11.7 Å². The number of rotatable bonds is 5. The second-order valence-electron chi connectivity index (χ2n) is 6.89. The van der Waals surface area contributed by atoms with E-state index in [-0.39, 0.29) is 25.0 Å². The third kappa shape index (κ3) is 3.31. The molecule has 0 spiro atoms. The maximum Gasteiger partial charge on any atom is 0.312 e. The number of carbonyl (C=O) groups excluding carboxylic acids is 2. The van der Waals surface area contributed by atoms with Crippen molar-refractivity contribution in [3.05, 3.63) is 54.1 Å². The highest BCUT2D eigenvalue weighted by Crippen LogP contribution is 2.36. The lowest BCUT2D eigenvalue weighted by atomic mass is 10.0. The van der Waals surface area contributed by atoms with E-state index in [1.165, 1.54) is 4.90 Å². The number of amides is 2. The van der Waals surface area contributed by atoms with Crippen molar-refractivity contribution >= 4 is 29.2 Å². The number of anilines is 2. The zero-order valence-electron chi connectivity index (χ0n) is 15.2. The number of carboxylic acid groups (broad SMARTS) is 1. The van der Waals surface area contributed by atoms with Crippen molar-refractivity contribution in [3.8, 4) is 5.75 Å². The third-order valence-corrected chi connectivity index (χ3v) is 5.13. The van der Waals surface area contributed by atoms with Crippen molar-refractivity contribution in [3.63, 3.8) is 0 Å². The molecule has 28 heavy (non-hydrogen) atoms. The van der Waals surface area contributed by atoms with Crippen LogP contribution in [0.25, 0.3) is 0 Å². The molecular weight excluding hydrogens is 360 g/mol. The molecule has 0 saturated carbocycles. The Morgan fingerprint density at radius 2 is 1.96 bits per heavy atom. The second kappa shape index (κ2) is 7.34. The maximum atomic E-state index is 12.7. The molecule has 1 atom stereocenters. The quantitative estimate of drug-likeness (QED) is 0.861. The first-order valence-corrected chi connectivity index (χ1v) is 9.20. The van der Waals surface area contributed by atoms with Crippen molar-refractivity contribution in [1.29, 1.82) is 0 Å². The number of ether oxygens (including phenoxy) is 1. The first-order valence-electron chi connectivity index (χ1n) is 9.20. The Morgan fingerprint density at radius 3 is 2.71 bits per heavy atom. The number of hydrogen-bond donors (Lipinski definition) is 1. The number of hydrogen-bond acceptors (Lipinski definition) is 4. The number of carbonyl (C=O) groups is 3. The molecule has 1 unspecified atom stereocenters. The molecule has 144 valence electrons. The number of benzene rings is 2. The first kappa shape index (κ1) is 18.0. The lowest BCUT2D eigenvalue weighted by molar-refractivity contribution is -0.138. The van der Waals surface area contributed by atoms with Crippen LogP contribution in [0, 0.1) is 0 Å². The van der Waals surface area contributed by atoms with E-state index in [9.17, 15) is 19.5 Å². The van der Waals surface area contributed by atoms with Crippen LogP contribution in [0.5, 0.6) is 5.75 Å². The minimum Gasteiger partial charge on any atom is -0.484 e. The molecule has 0 aliphatic carbocycles. The van der Waals surface area contributed by atoms with Crippen molar-refractivity contribution in [1.82, 2.24) is 0 Å². The topological polar surface area (TPSA) is 87.2 Å². The number of fused-ring (bicyclic) bond motifs is 1. The van der Waals surface area contributed by atoms with E-state index in [0.29, 0.717) is 30.0 Å². The van der Waals surface area contributed by atoms with Crippen molar-refractivity contribution < 1.29 is 24.2 Å². The molecule has 7 nitrogen and oxygen atoms in total. The predicted molar refractivity (Wildman–Crippen MR) is 103 cm³/mol. The highest BCUT2D eigenvalue weighted by atomic mass is 16.5. The minimum atomic E-state index is -0.952. The monoisotopic (exact) mass is 380 g/mol. The summed E-state index contributed by atoms with van der Waals surface area (Å²) in [5, 5.41) is 9.42. The van der Waals surface area contributed by atoms with E-state index >= 15 is 0 Å². The zero-order valence-corrected chi connectivity index (χ0v) is 15.2. The Balaban J connectivity index is 1.45. The number of aliphatic carboxylic acids is 1. The SMILES string of the molecule is O=C(O)C1CN(C(=O)COc2cccc(N3CCCC3=O)c2)c2ccccc21. The fraction of sp³-hybridized carbons (Fsp3) is 0.286. The van der Waals surface area contributed by atoms with Gasteiger partial charge in [0.2, 0.25) is 5.91 Å². The van der Waals surface area contributed by atoms with Crippen LogP contribution in [0.1, 0.15) is 24.3 Å². The van der Waals surface area contributed by atoms with Gasteiger partial charge in [-0.15, -0.1) is 0 Å². The molecule has 2 heterocycles. The molecule has 2 amide bonds. The normalized spacial score (nSPS) is 18.3. The largest absolute Gasteiger partial charge is 0.484 e. The Morgan fingerprint density at radius 1 is 1.14 bits per heavy atom. The molecule has 1 fully saturated rings. The average molecular weight is 380 g/mol. The molecule has 4 rings (SSSR count). The smallest absolute Gasteiger partial charge is 0.312 e. The summed E-state index contributed by atoms with van der Waals surface area (Å²) in [5.74, 6) is -1.41. The van der Waals surface area contributed by atoms with Crippen LogP contribution in [0.2, 0.25) is 0 Å². The molecule has 2 aliphatic rings. The van der Waals surface area contributed by atoms with Crippen LogP contribution in [0.3, 0.4) is 0 Å². The Bertz CT molecular complexity index is 942. The van der Waals surface area contributed by atoms with Gasteiger partial charge in [-0.2, -0.15) is 0 Å². The van der Waals surface area contributed by atoms with Crippen LogP contribution in [-0.2, 0) is 14.4 Å². The summed E-state index contributed by atoms with van der Waals surface area (Å²) in [6.45, 7) is 0.569. The van der Waals surface area contributed by atoms with Crippen molar-refractivity contribution in [2.45, 2.75) is 18.8 Å². The van der Waals surface area contributed by atoms with E-state index in [2.05, 4.69) is 0 Å². The van der Waals surface area contributed by atoms with E-state index in [4.69, 9.17) is 4.74 Å². The second-order valence-corrected chi connectivity index (χ2v) is 6.89. The molecular formula is C21H20N2O5. The number of nitrogens with zero attached hydrogens (tertiary/aromatic N) is 2. The van der Waals surface area contributed by atoms with Gasteiger partial charge < -0.3 is 19.6 Å². The molecule has 7 heteroatoms. The molecule has 1 N–H and O–H groups in total. The Kier molecular flexibility index (Phi) is 4.73. The molecule has 0 radical (unpaired) electrons. The molecule has 2 aromatic rings. The van der Waals surface area contributed by atoms with Gasteiger partial charge in [-0.25, -0.2) is 0 Å². The molecule has 2 aliphatic heterocycles. The van der Waals surface area contributed by atoms with Gasteiger partial charge in [0.25, 0.3) is 5.91 Å². The summed E-state index contributed by atoms with van der Waals surface area (Å²) < 4.78 is 5.65. The standard InChI is InChI=1S/C21H20N2O5/c24-19-9-4-10-22(19)14-5-3-6-15(11-14)28-13-20(25)23-12-17(21(26)27)16-7-1-2-8-18(16)23/h1-3,5-8,11,17H,4,9-10,12-13H2,(H,26,27). The van der Waals surface area contributed by atoms with Gasteiger partial charge in [-0.05, 0) is 30.2 Å². The summed E-state index contributed by atoms with van der Waals surface area (Å²) >= 11 is 0. The first-order chi connectivity index (χ1) is 13.5. The number of carboxylic acids is 1. The van der Waals surface area contributed by atoms with E-state index in [1.807, 2.05) is 6.07 Å². The van der Waals surface area contributed by atoms with Gasteiger partial charge in [0.15, 0.2) is 6.61 Å². The summed E-state index contributed by atoms with van der Waals surface area (Å²) in [6, 6.07) is 14.1. The van der Waals surface area contributed by atoms with Crippen LogP contribution >= 0.6 is 0 Å². The highest BCUT2D eigenvalue weighted by Gasteiger charge is 2.36. The summed E-state index contributed by atoms with van der Waals surface area (Å²) in [6.07, 6.45) is 1.38. The van der Waals surface area contributed by atoms with Gasteiger partial charge >= 0.3 is 5.97 Å². The van der Waals surface area contributed by atoms with Crippen LogP contribution in [-0.4, -0.2) is 42.6 Å². The Hall–Kier alpha value is -3.35. The van der Waals surface area contributed by atoms with E-state index in [0.717, 1.165) is 12.1 Å². The lowest BCUT2D eigenvalue weighted by Gasteiger charge is -2.19. The lowest BCUT2D eigenvalue weighted by Crippen LogP contribution is -2.35. The van der Waals surface area contributed by atoms with Crippen LogP contribution in [0.4, 0.5) is 11.4 Å². The Labute approximate surface area is 162 Å². The van der Waals surface area contributed by atoms with Crippen LogP contribution in [0.15, 0.2) is 48.5 Å². The molecule has 0 aromatic heterocycles. The average Bonchev–Trinajstić information content (AvgIpc) is 3.30. The molecule has 1 saturated heterocycles. The van der Waals surface area contributed by atoms with Gasteiger partial charge in [-0.1, -0.05) is 24.3 Å². The zero-order chi connectivity index (χ0) is 19.7. The van der Waals surface area contributed by atoms with Gasteiger partial charge in [0.05, 0.1) is 0 Å². The van der Waals surface area contributed by atoms with Crippen molar-refractivity contribution in [2.75, 3.05) is 29.5 Å².